The largest absolute Gasteiger partial charge is 0.396 e. The molecule has 0 atom stereocenters. The summed E-state index contributed by atoms with van der Waals surface area (Å²) >= 11 is 0. The molecule has 1 amide bonds. The van der Waals surface area contributed by atoms with Crippen LogP contribution < -0.4 is 5.32 Å². The van der Waals surface area contributed by atoms with Gasteiger partial charge in [0.25, 0.3) is 0 Å². The van der Waals surface area contributed by atoms with Gasteiger partial charge in [0.15, 0.2) is 0 Å². The van der Waals surface area contributed by atoms with Crippen molar-refractivity contribution in [3.63, 3.8) is 0 Å². The molecule has 0 saturated carbocycles. The van der Waals surface area contributed by atoms with Crippen molar-refractivity contribution >= 4 is 5.91 Å². The van der Waals surface area contributed by atoms with Crippen LogP contribution in [-0.2, 0) is 4.79 Å². The van der Waals surface area contributed by atoms with Gasteiger partial charge in [-0.2, -0.15) is 0 Å². The van der Waals surface area contributed by atoms with E-state index in [0.717, 1.165) is 32.2 Å². The third-order valence-corrected chi connectivity index (χ3v) is 8.07. The Bertz CT molecular complexity index is 490. The molecule has 39 heavy (non-hydrogen) atoms. The molecule has 0 aliphatic heterocycles. The zero-order valence-electron chi connectivity index (χ0n) is 26.6. The number of rotatable bonds is 33. The second-order valence-corrected chi connectivity index (χ2v) is 12.1. The van der Waals surface area contributed by atoms with Crippen LogP contribution in [0, 0.1) is 0 Å². The van der Waals surface area contributed by atoms with Crippen molar-refractivity contribution in [2.24, 2.45) is 0 Å². The van der Waals surface area contributed by atoms with E-state index >= 15 is 0 Å². The minimum absolute atomic E-state index is 0.262. The number of hydrogen-bond acceptors (Lipinski definition) is 2. The summed E-state index contributed by atoms with van der Waals surface area (Å²) in [6, 6.07) is 0. The molecule has 0 aromatic rings. The normalized spacial score (nSPS) is 11.5. The smallest absolute Gasteiger partial charge is 0.219 e. The van der Waals surface area contributed by atoms with Crippen molar-refractivity contribution in [2.45, 2.75) is 200 Å². The second-order valence-electron chi connectivity index (χ2n) is 12.1. The van der Waals surface area contributed by atoms with Gasteiger partial charge in [0.1, 0.15) is 0 Å². The van der Waals surface area contributed by atoms with Crippen LogP contribution in [0.5, 0.6) is 0 Å². The number of hydrogen-bond donors (Lipinski definition) is 2. The SMILES string of the molecule is CCCCCCCCCCCCCCCCCC(=O)NCCCCCCCC/C=C\CCCCCCCCO. The Hall–Kier alpha value is -0.830. The zero-order chi connectivity index (χ0) is 28.3. The van der Waals surface area contributed by atoms with Gasteiger partial charge in [-0.05, 0) is 44.9 Å². The molecule has 0 aromatic carbocycles. The third-order valence-electron chi connectivity index (χ3n) is 8.07. The molecule has 232 valence electrons. The summed E-state index contributed by atoms with van der Waals surface area (Å²) in [5.41, 5.74) is 0. The van der Waals surface area contributed by atoms with E-state index in [0.29, 0.717) is 6.61 Å². The van der Waals surface area contributed by atoms with Crippen LogP contribution in [0.2, 0.25) is 0 Å². The van der Waals surface area contributed by atoms with Crippen molar-refractivity contribution in [3.05, 3.63) is 12.2 Å². The summed E-state index contributed by atoms with van der Waals surface area (Å²) in [5.74, 6) is 0.262. The summed E-state index contributed by atoms with van der Waals surface area (Å²) in [6.07, 6.45) is 43.5. The predicted molar refractivity (Wildman–Crippen MR) is 173 cm³/mol. The van der Waals surface area contributed by atoms with Crippen LogP contribution in [0.1, 0.15) is 200 Å². The average molecular weight is 550 g/mol. The molecule has 0 radical (unpaired) electrons. The molecule has 3 nitrogen and oxygen atoms in total. The van der Waals surface area contributed by atoms with Crippen LogP contribution in [0.3, 0.4) is 0 Å². The van der Waals surface area contributed by atoms with E-state index in [1.54, 1.807) is 0 Å². The predicted octanol–water partition coefficient (Wildman–Crippen LogP) is 11.4. The summed E-state index contributed by atoms with van der Waals surface area (Å²) in [4.78, 5) is 12.0. The molecule has 0 aliphatic carbocycles. The van der Waals surface area contributed by atoms with Gasteiger partial charge in [-0.15, -0.1) is 0 Å². The van der Waals surface area contributed by atoms with E-state index in [1.807, 2.05) is 0 Å². The minimum Gasteiger partial charge on any atom is -0.396 e. The maximum atomic E-state index is 12.0. The Kier molecular flexibility index (Phi) is 34.4. The average Bonchev–Trinajstić information content (AvgIpc) is 2.94. The number of allylic oxidation sites excluding steroid dienone is 2. The summed E-state index contributed by atoms with van der Waals surface area (Å²) in [6.45, 7) is 3.50. The monoisotopic (exact) mass is 550 g/mol. The Morgan fingerprint density at radius 1 is 0.487 bits per heavy atom. The molecule has 0 spiro atoms. The standard InChI is InChI=1S/C36H71NO2/c1-2-3-4-5-6-7-8-9-12-15-18-21-24-27-30-33-36(39)37-34-31-28-25-22-19-16-13-10-11-14-17-20-23-26-29-32-35-38/h10-11,38H,2-9,12-35H2,1H3,(H,37,39)/b11-10-. The van der Waals surface area contributed by atoms with Gasteiger partial charge >= 0.3 is 0 Å². The van der Waals surface area contributed by atoms with E-state index in [1.165, 1.54) is 167 Å². The first-order valence-electron chi connectivity index (χ1n) is 17.8. The van der Waals surface area contributed by atoms with Gasteiger partial charge in [-0.25, -0.2) is 0 Å². The lowest BCUT2D eigenvalue weighted by Gasteiger charge is -2.06. The molecule has 0 heterocycles. The van der Waals surface area contributed by atoms with E-state index in [-0.39, 0.29) is 5.91 Å². The number of amides is 1. The molecule has 0 unspecified atom stereocenters. The first-order valence-corrected chi connectivity index (χ1v) is 17.8. The van der Waals surface area contributed by atoms with Crippen LogP contribution >= 0.6 is 0 Å². The number of aliphatic hydroxyl groups excluding tert-OH is 1. The van der Waals surface area contributed by atoms with Crippen LogP contribution in [0.15, 0.2) is 12.2 Å². The van der Waals surface area contributed by atoms with E-state index in [2.05, 4.69) is 24.4 Å². The third kappa shape index (κ3) is 35.1. The van der Waals surface area contributed by atoms with Gasteiger partial charge in [0.05, 0.1) is 0 Å². The molecule has 2 N–H and O–H groups in total. The van der Waals surface area contributed by atoms with E-state index < -0.39 is 0 Å². The van der Waals surface area contributed by atoms with Gasteiger partial charge in [0, 0.05) is 19.6 Å². The second kappa shape index (κ2) is 35.2. The Morgan fingerprint density at radius 3 is 1.28 bits per heavy atom. The summed E-state index contributed by atoms with van der Waals surface area (Å²) < 4.78 is 0. The number of aliphatic hydroxyl groups is 1. The van der Waals surface area contributed by atoms with Gasteiger partial charge in [-0.1, -0.05) is 160 Å². The summed E-state index contributed by atoms with van der Waals surface area (Å²) in [5, 5.41) is 11.9. The number of nitrogens with one attached hydrogen (secondary N) is 1. The van der Waals surface area contributed by atoms with E-state index in [4.69, 9.17) is 5.11 Å². The molecule has 3 heteroatoms. The lowest BCUT2D eigenvalue weighted by molar-refractivity contribution is -0.121. The van der Waals surface area contributed by atoms with Gasteiger partial charge in [0.2, 0.25) is 5.91 Å². The number of carbonyl (C=O) groups is 1. The highest BCUT2D eigenvalue weighted by Gasteiger charge is 2.01. The van der Waals surface area contributed by atoms with Crippen molar-refractivity contribution in [1.82, 2.24) is 5.32 Å². The molecular formula is C36H71NO2. The van der Waals surface area contributed by atoms with Crippen LogP contribution in [-0.4, -0.2) is 24.2 Å². The molecule has 0 saturated heterocycles. The highest BCUT2D eigenvalue weighted by Crippen LogP contribution is 2.14. The Morgan fingerprint density at radius 2 is 0.846 bits per heavy atom. The van der Waals surface area contributed by atoms with Crippen LogP contribution in [0.25, 0.3) is 0 Å². The molecule has 0 aromatic heterocycles. The van der Waals surface area contributed by atoms with Crippen LogP contribution in [0.4, 0.5) is 0 Å². The molecular weight excluding hydrogens is 478 g/mol. The Labute approximate surface area is 245 Å². The van der Waals surface area contributed by atoms with Crippen molar-refractivity contribution in [3.8, 4) is 0 Å². The topological polar surface area (TPSA) is 49.3 Å². The maximum Gasteiger partial charge on any atom is 0.219 e. The fraction of sp³-hybridized carbons (Fsp3) is 0.917. The number of unbranched alkanes of at least 4 members (excludes halogenated alkanes) is 26. The molecule has 0 aliphatic rings. The summed E-state index contributed by atoms with van der Waals surface area (Å²) in [7, 11) is 0. The molecule has 0 bridgehead atoms. The van der Waals surface area contributed by atoms with Crippen molar-refractivity contribution in [2.75, 3.05) is 13.2 Å². The van der Waals surface area contributed by atoms with Gasteiger partial charge < -0.3 is 10.4 Å². The quantitative estimate of drug-likeness (QED) is 0.0631. The Balaban J connectivity index is 3.18. The lowest BCUT2D eigenvalue weighted by atomic mass is 10.0. The van der Waals surface area contributed by atoms with Gasteiger partial charge in [-0.3, -0.25) is 4.79 Å². The fourth-order valence-electron chi connectivity index (χ4n) is 5.38. The lowest BCUT2D eigenvalue weighted by Crippen LogP contribution is -2.23. The first kappa shape index (κ1) is 38.2. The molecule has 0 fully saturated rings. The minimum atomic E-state index is 0.262. The fourth-order valence-corrected chi connectivity index (χ4v) is 5.38. The highest BCUT2D eigenvalue weighted by atomic mass is 16.2. The highest BCUT2D eigenvalue weighted by molar-refractivity contribution is 5.75. The zero-order valence-corrected chi connectivity index (χ0v) is 26.6. The maximum absolute atomic E-state index is 12.0. The van der Waals surface area contributed by atoms with Crippen molar-refractivity contribution < 1.29 is 9.90 Å². The van der Waals surface area contributed by atoms with Crippen molar-refractivity contribution in [1.29, 1.82) is 0 Å². The first-order chi connectivity index (χ1) is 19.3. The molecule has 0 rings (SSSR count). The number of carbonyl (C=O) groups excluding carboxylic acids is 1. The van der Waals surface area contributed by atoms with E-state index in [9.17, 15) is 4.79 Å².